The molecule has 5 nitrogen and oxygen atoms in total. The van der Waals surface area contributed by atoms with E-state index in [0.29, 0.717) is 31.3 Å². The number of piperazine rings is 1. The summed E-state index contributed by atoms with van der Waals surface area (Å²) < 4.78 is 19.8. The second kappa shape index (κ2) is 9.94. The van der Waals surface area contributed by atoms with E-state index >= 15 is 0 Å². The lowest BCUT2D eigenvalue weighted by molar-refractivity contribution is -0.131. The average Bonchev–Trinajstić information content (AvgIpc) is 2.97. The van der Waals surface area contributed by atoms with Crippen LogP contribution < -0.4 is 9.64 Å². The Hall–Kier alpha value is -2.60. The van der Waals surface area contributed by atoms with E-state index in [1.54, 1.807) is 6.07 Å². The van der Waals surface area contributed by atoms with Gasteiger partial charge in [0.05, 0.1) is 12.2 Å². The molecule has 6 heteroatoms. The molecule has 2 fully saturated rings. The van der Waals surface area contributed by atoms with E-state index in [2.05, 4.69) is 9.80 Å². The minimum absolute atomic E-state index is 0.153. The van der Waals surface area contributed by atoms with Crippen LogP contribution in [0.15, 0.2) is 54.6 Å². The molecule has 2 saturated heterocycles. The molecule has 4 rings (SSSR count). The van der Waals surface area contributed by atoms with Gasteiger partial charge in [0.25, 0.3) is 0 Å². The molecule has 2 aliphatic heterocycles. The van der Waals surface area contributed by atoms with E-state index < -0.39 is 0 Å². The molecule has 0 saturated carbocycles. The van der Waals surface area contributed by atoms with E-state index in [1.807, 2.05) is 47.4 Å². The lowest BCUT2D eigenvalue weighted by atomic mass is 10.1. The maximum absolute atomic E-state index is 14.1. The van der Waals surface area contributed by atoms with Crippen LogP contribution in [0.2, 0.25) is 0 Å². The van der Waals surface area contributed by atoms with Crippen molar-refractivity contribution >= 4 is 11.6 Å². The first-order valence-corrected chi connectivity index (χ1v) is 10.9. The summed E-state index contributed by atoms with van der Waals surface area (Å²) >= 11 is 0. The van der Waals surface area contributed by atoms with Crippen molar-refractivity contribution in [1.82, 2.24) is 9.80 Å². The number of carbonyl (C=O) groups excluding carboxylic acids is 1. The monoisotopic (exact) mass is 411 g/mol. The molecule has 0 N–H and O–H groups in total. The number of benzene rings is 2. The van der Waals surface area contributed by atoms with Crippen molar-refractivity contribution in [2.24, 2.45) is 0 Å². The molecule has 1 amide bonds. The predicted molar refractivity (Wildman–Crippen MR) is 116 cm³/mol. The number of likely N-dealkylation sites (tertiary alicyclic amines) is 1. The number of hydrogen-bond acceptors (Lipinski definition) is 4. The molecule has 2 aliphatic rings. The van der Waals surface area contributed by atoms with E-state index in [0.717, 1.165) is 51.3 Å². The predicted octanol–water partition coefficient (Wildman–Crippen LogP) is 3.41. The van der Waals surface area contributed by atoms with Crippen LogP contribution in [0.5, 0.6) is 5.75 Å². The van der Waals surface area contributed by atoms with Gasteiger partial charge in [-0.25, -0.2) is 4.39 Å². The fourth-order valence-corrected chi connectivity index (χ4v) is 4.45. The number of amides is 1. The van der Waals surface area contributed by atoms with Crippen molar-refractivity contribution in [3.63, 3.8) is 0 Å². The van der Waals surface area contributed by atoms with Crippen molar-refractivity contribution in [2.45, 2.75) is 25.3 Å². The van der Waals surface area contributed by atoms with Gasteiger partial charge in [-0.05, 0) is 37.1 Å². The number of rotatable bonds is 6. The van der Waals surface area contributed by atoms with Crippen LogP contribution in [0.4, 0.5) is 10.1 Å². The molecule has 0 bridgehead atoms. The number of para-hydroxylation sites is 2. The van der Waals surface area contributed by atoms with Crippen LogP contribution in [0.25, 0.3) is 0 Å². The van der Waals surface area contributed by atoms with Crippen molar-refractivity contribution in [3.8, 4) is 5.75 Å². The van der Waals surface area contributed by atoms with Gasteiger partial charge < -0.3 is 14.5 Å². The number of halogens is 1. The zero-order chi connectivity index (χ0) is 20.8. The molecular formula is C24H30FN3O2. The summed E-state index contributed by atoms with van der Waals surface area (Å²) in [7, 11) is 0. The van der Waals surface area contributed by atoms with E-state index in [-0.39, 0.29) is 11.7 Å². The van der Waals surface area contributed by atoms with Crippen LogP contribution >= 0.6 is 0 Å². The van der Waals surface area contributed by atoms with Gasteiger partial charge in [0.15, 0.2) is 0 Å². The molecule has 30 heavy (non-hydrogen) atoms. The van der Waals surface area contributed by atoms with E-state index in [4.69, 9.17) is 4.74 Å². The Balaban J connectivity index is 1.25. The lowest BCUT2D eigenvalue weighted by Gasteiger charge is -2.40. The fraction of sp³-hybridized carbons (Fsp3) is 0.458. The van der Waals surface area contributed by atoms with Gasteiger partial charge in [0.2, 0.25) is 5.91 Å². The molecule has 2 aromatic carbocycles. The summed E-state index contributed by atoms with van der Waals surface area (Å²) in [6, 6.07) is 17.1. The lowest BCUT2D eigenvalue weighted by Crippen LogP contribution is -2.50. The summed E-state index contributed by atoms with van der Waals surface area (Å²) in [5.74, 6) is 0.906. The number of carbonyl (C=O) groups is 1. The summed E-state index contributed by atoms with van der Waals surface area (Å²) in [6.45, 7) is 5.37. The highest BCUT2D eigenvalue weighted by molar-refractivity contribution is 5.76. The smallest absolute Gasteiger partial charge is 0.222 e. The third kappa shape index (κ3) is 5.11. The van der Waals surface area contributed by atoms with E-state index in [9.17, 15) is 9.18 Å². The quantitative estimate of drug-likeness (QED) is 0.730. The third-order valence-corrected chi connectivity index (χ3v) is 6.17. The Labute approximate surface area is 178 Å². The molecule has 1 atom stereocenters. The highest BCUT2D eigenvalue weighted by atomic mass is 19.1. The Morgan fingerprint density at radius 3 is 2.40 bits per heavy atom. The SMILES string of the molecule is O=C1CCC(N2CCN(c3ccccc3F)CC2)CCN1CCOc1ccccc1. The minimum Gasteiger partial charge on any atom is -0.492 e. The van der Waals surface area contributed by atoms with Crippen LogP contribution in [-0.4, -0.2) is 67.6 Å². The minimum atomic E-state index is -0.153. The molecule has 0 aliphatic carbocycles. The first-order valence-electron chi connectivity index (χ1n) is 10.9. The molecule has 160 valence electrons. The Kier molecular flexibility index (Phi) is 6.84. The molecule has 1 unspecified atom stereocenters. The number of anilines is 1. The van der Waals surface area contributed by atoms with Crippen molar-refractivity contribution in [2.75, 3.05) is 50.8 Å². The molecule has 2 heterocycles. The van der Waals surface area contributed by atoms with Crippen LogP contribution in [0.3, 0.4) is 0 Å². The highest BCUT2D eigenvalue weighted by Gasteiger charge is 2.29. The van der Waals surface area contributed by atoms with Gasteiger partial charge in [-0.15, -0.1) is 0 Å². The first kappa shape index (κ1) is 20.7. The number of nitrogens with zero attached hydrogens (tertiary/aromatic N) is 3. The van der Waals surface area contributed by atoms with Crippen molar-refractivity contribution in [3.05, 3.63) is 60.4 Å². The largest absolute Gasteiger partial charge is 0.492 e. The van der Waals surface area contributed by atoms with Gasteiger partial charge in [0.1, 0.15) is 18.2 Å². The maximum Gasteiger partial charge on any atom is 0.222 e. The van der Waals surface area contributed by atoms with Gasteiger partial charge in [-0.3, -0.25) is 9.69 Å². The molecule has 0 radical (unpaired) electrons. The first-order chi connectivity index (χ1) is 14.7. The topological polar surface area (TPSA) is 36.0 Å². The Bertz CT molecular complexity index is 824. The van der Waals surface area contributed by atoms with Gasteiger partial charge in [-0.2, -0.15) is 0 Å². The fourth-order valence-electron chi connectivity index (χ4n) is 4.45. The number of hydrogen-bond donors (Lipinski definition) is 0. The van der Waals surface area contributed by atoms with Gasteiger partial charge in [0, 0.05) is 45.2 Å². The van der Waals surface area contributed by atoms with Crippen LogP contribution in [-0.2, 0) is 4.79 Å². The van der Waals surface area contributed by atoms with Gasteiger partial charge >= 0.3 is 0 Å². The summed E-state index contributed by atoms with van der Waals surface area (Å²) in [5, 5.41) is 0. The zero-order valence-corrected chi connectivity index (χ0v) is 17.4. The maximum atomic E-state index is 14.1. The van der Waals surface area contributed by atoms with Crippen molar-refractivity contribution in [1.29, 1.82) is 0 Å². The molecule has 0 aromatic heterocycles. The highest BCUT2D eigenvalue weighted by Crippen LogP contribution is 2.23. The molecular weight excluding hydrogens is 381 g/mol. The third-order valence-electron chi connectivity index (χ3n) is 6.17. The number of ether oxygens (including phenoxy) is 1. The summed E-state index contributed by atoms with van der Waals surface area (Å²) in [6.07, 6.45) is 2.47. The summed E-state index contributed by atoms with van der Waals surface area (Å²) in [4.78, 5) is 19.1. The zero-order valence-electron chi connectivity index (χ0n) is 17.4. The standard InChI is InChI=1S/C24H30FN3O2/c25-22-8-4-5-9-23(22)27-16-14-26(15-17-27)20-10-11-24(29)28(13-12-20)18-19-30-21-6-2-1-3-7-21/h1-9,20H,10-19H2. The molecule has 2 aromatic rings. The average molecular weight is 412 g/mol. The Morgan fingerprint density at radius 2 is 1.63 bits per heavy atom. The van der Waals surface area contributed by atoms with Gasteiger partial charge in [-0.1, -0.05) is 30.3 Å². The van der Waals surface area contributed by atoms with Crippen LogP contribution in [0.1, 0.15) is 19.3 Å². The normalized spacial score (nSPS) is 20.8. The summed E-state index contributed by atoms with van der Waals surface area (Å²) in [5.41, 5.74) is 0.692. The van der Waals surface area contributed by atoms with Crippen LogP contribution in [0, 0.1) is 5.82 Å². The Morgan fingerprint density at radius 1 is 0.900 bits per heavy atom. The van der Waals surface area contributed by atoms with E-state index in [1.165, 1.54) is 6.07 Å². The second-order valence-electron chi connectivity index (χ2n) is 8.00. The molecule has 0 spiro atoms. The van der Waals surface area contributed by atoms with Crippen molar-refractivity contribution < 1.29 is 13.9 Å². The second-order valence-corrected chi connectivity index (χ2v) is 8.00.